The third-order valence-corrected chi connectivity index (χ3v) is 10.7. The lowest BCUT2D eigenvalue weighted by Crippen LogP contribution is -2.67. The van der Waals surface area contributed by atoms with Crippen molar-refractivity contribution >= 4 is 34.6 Å². The van der Waals surface area contributed by atoms with E-state index in [1.165, 1.54) is 30.3 Å². The minimum absolute atomic E-state index is 0.0324. The molecule has 3 amide bonds. The number of imidazole rings is 1. The van der Waals surface area contributed by atoms with Crippen LogP contribution in [0, 0.1) is 17.7 Å². The maximum Gasteiger partial charge on any atom is 0.418 e. The van der Waals surface area contributed by atoms with Crippen molar-refractivity contribution < 1.29 is 41.5 Å². The molecule has 0 radical (unpaired) electrons. The van der Waals surface area contributed by atoms with Gasteiger partial charge in [-0.05, 0) is 54.4 Å². The molecule has 2 aromatic heterocycles. The number of aromatic nitrogens is 3. The molecule has 0 fully saturated rings. The largest absolute Gasteiger partial charge is 0.464 e. The molecule has 4 aromatic rings. The van der Waals surface area contributed by atoms with Crippen molar-refractivity contribution in [1.29, 1.82) is 0 Å². The van der Waals surface area contributed by atoms with Crippen LogP contribution in [0.3, 0.4) is 0 Å². The number of nitrogens with one attached hydrogen (secondary N) is 4. The van der Waals surface area contributed by atoms with Crippen LogP contribution in [0.1, 0.15) is 75.8 Å². The summed E-state index contributed by atoms with van der Waals surface area (Å²) in [7, 11) is 0. The number of hydrogen-bond acceptors (Lipinski definition) is 6. The summed E-state index contributed by atoms with van der Waals surface area (Å²) in [6.07, 6.45) is 1.37. The van der Waals surface area contributed by atoms with Crippen LogP contribution in [0.4, 0.5) is 17.6 Å². The van der Waals surface area contributed by atoms with Crippen LogP contribution < -0.4 is 16.0 Å². The first-order valence-corrected chi connectivity index (χ1v) is 18.6. The third-order valence-electron chi connectivity index (χ3n) is 10.7. The monoisotopic (exact) mass is 768 g/mol. The van der Waals surface area contributed by atoms with E-state index in [0.29, 0.717) is 37.1 Å². The lowest BCUT2D eigenvalue weighted by molar-refractivity contribution is -0.150. The van der Waals surface area contributed by atoms with Gasteiger partial charge in [0.2, 0.25) is 17.7 Å². The van der Waals surface area contributed by atoms with Gasteiger partial charge in [0.1, 0.15) is 23.4 Å². The summed E-state index contributed by atoms with van der Waals surface area (Å²) in [4.78, 5) is 62.6. The molecule has 3 unspecified atom stereocenters. The average Bonchev–Trinajstić information content (AvgIpc) is 3.82. The number of esters is 1. The second kappa shape index (κ2) is 17.5. The number of amides is 3. The number of aryl methyl sites for hydroxylation is 2. The molecule has 0 spiro atoms. The van der Waals surface area contributed by atoms with Crippen molar-refractivity contribution in [1.82, 2.24) is 30.5 Å². The molecule has 11 nitrogen and oxygen atoms in total. The highest BCUT2D eigenvalue weighted by molar-refractivity contribution is 5.98. The molecule has 2 heterocycles. The molecule has 296 valence electrons. The van der Waals surface area contributed by atoms with Crippen molar-refractivity contribution in [2.45, 2.75) is 103 Å². The topological polar surface area (TPSA) is 147 Å². The Labute approximate surface area is 317 Å². The minimum atomic E-state index is -4.65. The number of ether oxygens (including phenoxy) is 1. The number of rotatable bonds is 16. The summed E-state index contributed by atoms with van der Waals surface area (Å²) >= 11 is 0. The number of H-pyrrole nitrogens is 1. The van der Waals surface area contributed by atoms with E-state index in [4.69, 9.17) is 4.74 Å². The van der Waals surface area contributed by atoms with Gasteiger partial charge in [-0.25, -0.2) is 14.2 Å². The molecule has 5 rings (SSSR count). The summed E-state index contributed by atoms with van der Waals surface area (Å²) in [6, 6.07) is 7.33. The Hall–Kier alpha value is -5.21. The fourth-order valence-corrected chi connectivity index (χ4v) is 7.00. The molecule has 2 aromatic carbocycles. The van der Waals surface area contributed by atoms with Crippen molar-refractivity contribution in [3.8, 4) is 0 Å². The number of alkyl halides is 3. The zero-order chi connectivity index (χ0) is 39.9. The van der Waals surface area contributed by atoms with Crippen LogP contribution in [-0.4, -0.2) is 62.5 Å². The summed E-state index contributed by atoms with van der Waals surface area (Å²) in [5.41, 5.74) is -1.67. The van der Waals surface area contributed by atoms with Gasteiger partial charge >= 0.3 is 12.1 Å². The van der Waals surface area contributed by atoms with Crippen molar-refractivity contribution in [2.24, 2.45) is 11.8 Å². The first kappa shape index (κ1) is 41.0. The Morgan fingerprint density at radius 1 is 1.00 bits per heavy atom. The highest BCUT2D eigenvalue weighted by atomic mass is 19.4. The number of benzene rings is 2. The average molecular weight is 769 g/mol. The van der Waals surface area contributed by atoms with Gasteiger partial charge in [0.25, 0.3) is 0 Å². The van der Waals surface area contributed by atoms with E-state index in [-0.39, 0.29) is 54.7 Å². The SMILES string of the molecule is CCC(C)C(NC(=O)[C@@]1(NC(=O)[C@@H](NC(=O)Cc2ccccc2F)C(C)CC)CCc2[nH]c3c(C(F)(F)F)cccc3c2C1)C(=O)OCCCn1ccnc1. The maximum absolute atomic E-state index is 14.7. The highest BCUT2D eigenvalue weighted by Crippen LogP contribution is 2.40. The summed E-state index contributed by atoms with van der Waals surface area (Å²) in [6.45, 7) is 7.84. The van der Waals surface area contributed by atoms with Crippen LogP contribution in [0.2, 0.25) is 0 Å². The molecule has 5 atom stereocenters. The van der Waals surface area contributed by atoms with Crippen LogP contribution in [-0.2, 0) is 55.9 Å². The number of aromatic amines is 1. The fraction of sp³-hybridized carbons (Fsp3) is 0.475. The lowest BCUT2D eigenvalue weighted by Gasteiger charge is -2.39. The molecule has 55 heavy (non-hydrogen) atoms. The van der Waals surface area contributed by atoms with Gasteiger partial charge in [0, 0.05) is 36.4 Å². The van der Waals surface area contributed by atoms with Crippen LogP contribution >= 0.6 is 0 Å². The standard InChI is InChI=1S/C40H48F4N6O5/c1-5-24(3)33(47-32(51)21-26-11-7-8-14-30(26)41)36(52)49-39(16-15-31-28(22-39)27-12-9-13-29(35(27)46-31)40(42,43)44)38(54)48-34(25(4)6-2)37(53)55-20-10-18-50-19-17-45-23-50/h7-9,11-14,17,19,23-25,33-34,46H,5-6,10,15-16,18,20-22H2,1-4H3,(H,47,51)(H,48,54)(H,49,52)/t24?,25?,33-,34?,39+/m0/s1. The van der Waals surface area contributed by atoms with E-state index in [9.17, 15) is 36.7 Å². The second-order valence-electron chi connectivity index (χ2n) is 14.4. The minimum Gasteiger partial charge on any atom is -0.464 e. The van der Waals surface area contributed by atoms with Gasteiger partial charge in [0.15, 0.2) is 0 Å². The van der Waals surface area contributed by atoms with E-state index in [2.05, 4.69) is 25.9 Å². The van der Waals surface area contributed by atoms with Crippen LogP contribution in [0.25, 0.3) is 10.9 Å². The number of nitrogens with zero attached hydrogens (tertiary/aromatic N) is 2. The van der Waals surface area contributed by atoms with Crippen molar-refractivity contribution in [3.63, 3.8) is 0 Å². The zero-order valence-corrected chi connectivity index (χ0v) is 31.4. The highest BCUT2D eigenvalue weighted by Gasteiger charge is 2.47. The third kappa shape index (κ3) is 9.54. The maximum atomic E-state index is 14.7. The fourth-order valence-electron chi connectivity index (χ4n) is 7.00. The summed E-state index contributed by atoms with van der Waals surface area (Å²) in [5, 5.41) is 8.72. The first-order valence-electron chi connectivity index (χ1n) is 18.6. The number of halogens is 4. The number of para-hydroxylation sites is 1. The molecule has 0 saturated heterocycles. The van der Waals surface area contributed by atoms with E-state index in [1.54, 1.807) is 38.6 Å². The molecule has 0 bridgehead atoms. The molecular weight excluding hydrogens is 720 g/mol. The Balaban J connectivity index is 1.45. The Morgan fingerprint density at radius 3 is 2.40 bits per heavy atom. The number of fused-ring (bicyclic) bond motifs is 3. The normalized spacial score (nSPS) is 17.7. The lowest BCUT2D eigenvalue weighted by atomic mass is 9.78. The van der Waals surface area contributed by atoms with Crippen molar-refractivity contribution in [3.05, 3.63) is 89.4 Å². The van der Waals surface area contributed by atoms with Gasteiger partial charge < -0.3 is 30.2 Å². The van der Waals surface area contributed by atoms with Crippen molar-refractivity contribution in [2.75, 3.05) is 6.61 Å². The molecule has 0 saturated carbocycles. The summed E-state index contributed by atoms with van der Waals surface area (Å²) in [5.74, 6) is -4.08. The molecule has 4 N–H and O–H groups in total. The smallest absolute Gasteiger partial charge is 0.418 e. The van der Waals surface area contributed by atoms with Gasteiger partial charge in [-0.15, -0.1) is 0 Å². The summed E-state index contributed by atoms with van der Waals surface area (Å²) < 4.78 is 64.0. The quantitative estimate of drug-likeness (QED) is 0.0644. The predicted molar refractivity (Wildman–Crippen MR) is 197 cm³/mol. The Bertz CT molecular complexity index is 1980. The van der Waals surface area contributed by atoms with E-state index in [0.717, 1.165) is 6.07 Å². The second-order valence-corrected chi connectivity index (χ2v) is 14.4. The van der Waals surface area contributed by atoms with Crippen LogP contribution in [0.5, 0.6) is 0 Å². The number of hydrogen-bond donors (Lipinski definition) is 4. The Kier molecular flexibility index (Phi) is 13.0. The molecule has 0 aliphatic heterocycles. The van der Waals surface area contributed by atoms with Crippen LogP contribution in [0.15, 0.2) is 61.2 Å². The number of carbonyl (C=O) groups is 4. The number of carbonyl (C=O) groups excluding carboxylic acids is 4. The van der Waals surface area contributed by atoms with E-state index >= 15 is 0 Å². The molecule has 15 heteroatoms. The zero-order valence-electron chi connectivity index (χ0n) is 31.4. The van der Waals surface area contributed by atoms with Gasteiger partial charge in [-0.3, -0.25) is 14.4 Å². The molecule has 1 aliphatic rings. The molecular formula is C40H48F4N6O5. The first-order chi connectivity index (χ1) is 26.2. The Morgan fingerprint density at radius 2 is 1.73 bits per heavy atom. The van der Waals surface area contributed by atoms with Gasteiger partial charge in [-0.1, -0.05) is 70.9 Å². The predicted octanol–water partition coefficient (Wildman–Crippen LogP) is 5.80. The van der Waals surface area contributed by atoms with E-state index < -0.39 is 64.8 Å². The molecule has 1 aliphatic carbocycles. The van der Waals surface area contributed by atoms with Gasteiger partial charge in [0.05, 0.1) is 30.4 Å². The van der Waals surface area contributed by atoms with Gasteiger partial charge in [-0.2, -0.15) is 13.2 Å². The van der Waals surface area contributed by atoms with E-state index in [1.807, 2.05) is 18.4 Å².